The lowest BCUT2D eigenvalue weighted by Gasteiger charge is -2.18. The molecule has 39 heavy (non-hydrogen) atoms. The standard InChI is InChI=1S/C31H30N4O3S/c1-4-20-12-14-21(15-13-20)23-18-39-31-28(23)29(32-19-33-31)34-24-16-27(38-6-3)25(17-26(24)37-5-2)35-30(36)22-10-8-7-9-11-22/h7-19H,4-6H2,1-3H3,(H,35,36)(H,32,33,34). The molecule has 0 atom stereocenters. The Morgan fingerprint density at radius 1 is 0.872 bits per heavy atom. The third-order valence-corrected chi connectivity index (χ3v) is 7.15. The normalized spacial score (nSPS) is 10.8. The Balaban J connectivity index is 1.54. The Kier molecular flexibility index (Phi) is 8.03. The lowest BCUT2D eigenvalue weighted by atomic mass is 10.0. The summed E-state index contributed by atoms with van der Waals surface area (Å²) in [6.07, 6.45) is 2.55. The molecule has 0 bridgehead atoms. The predicted octanol–water partition coefficient (Wildman–Crippen LogP) is 7.71. The van der Waals surface area contributed by atoms with Gasteiger partial charge < -0.3 is 20.1 Å². The molecule has 5 aromatic rings. The van der Waals surface area contributed by atoms with Crippen LogP contribution in [0.25, 0.3) is 21.3 Å². The number of anilines is 3. The number of thiophene rings is 1. The van der Waals surface area contributed by atoms with Crippen LogP contribution >= 0.6 is 11.3 Å². The van der Waals surface area contributed by atoms with Crippen molar-refractivity contribution >= 4 is 44.7 Å². The molecule has 1 amide bonds. The quantitative estimate of drug-likeness (QED) is 0.189. The highest BCUT2D eigenvalue weighted by Gasteiger charge is 2.19. The van der Waals surface area contributed by atoms with E-state index in [4.69, 9.17) is 9.47 Å². The molecule has 0 fully saturated rings. The summed E-state index contributed by atoms with van der Waals surface area (Å²) in [5.74, 6) is 1.54. The molecule has 198 valence electrons. The van der Waals surface area contributed by atoms with Crippen molar-refractivity contribution in [1.82, 2.24) is 9.97 Å². The third-order valence-electron chi connectivity index (χ3n) is 6.26. The van der Waals surface area contributed by atoms with Crippen molar-refractivity contribution in [2.45, 2.75) is 27.2 Å². The molecule has 0 saturated carbocycles. The molecule has 2 heterocycles. The minimum atomic E-state index is -0.228. The molecule has 0 aliphatic heterocycles. The van der Waals surface area contributed by atoms with Crippen molar-refractivity contribution in [2.24, 2.45) is 0 Å². The third kappa shape index (κ3) is 5.71. The first-order valence-electron chi connectivity index (χ1n) is 13.0. The monoisotopic (exact) mass is 538 g/mol. The molecular formula is C31H30N4O3S. The Bertz CT molecular complexity index is 1580. The average Bonchev–Trinajstić information content (AvgIpc) is 3.41. The molecule has 7 nitrogen and oxygen atoms in total. The number of carbonyl (C=O) groups is 1. The van der Waals surface area contributed by atoms with Gasteiger partial charge in [-0.3, -0.25) is 4.79 Å². The van der Waals surface area contributed by atoms with Crippen molar-refractivity contribution in [3.63, 3.8) is 0 Å². The highest BCUT2D eigenvalue weighted by atomic mass is 32.1. The Hall–Kier alpha value is -4.43. The van der Waals surface area contributed by atoms with Crippen LogP contribution in [0.1, 0.15) is 36.7 Å². The highest BCUT2D eigenvalue weighted by molar-refractivity contribution is 7.17. The first kappa shape index (κ1) is 26.2. The van der Waals surface area contributed by atoms with Gasteiger partial charge in [0, 0.05) is 28.6 Å². The number of aromatic nitrogens is 2. The molecular weight excluding hydrogens is 508 g/mol. The maximum Gasteiger partial charge on any atom is 0.255 e. The van der Waals surface area contributed by atoms with Crippen LogP contribution in [0.3, 0.4) is 0 Å². The van der Waals surface area contributed by atoms with E-state index in [0.29, 0.717) is 47.5 Å². The second kappa shape index (κ2) is 12.0. The van der Waals surface area contributed by atoms with Crippen molar-refractivity contribution in [2.75, 3.05) is 23.8 Å². The van der Waals surface area contributed by atoms with E-state index in [1.54, 1.807) is 35.9 Å². The van der Waals surface area contributed by atoms with Gasteiger partial charge >= 0.3 is 0 Å². The van der Waals surface area contributed by atoms with E-state index in [0.717, 1.165) is 27.8 Å². The first-order chi connectivity index (χ1) is 19.1. The smallest absolute Gasteiger partial charge is 0.255 e. The SMILES string of the molecule is CCOc1cc(Nc2ncnc3scc(-c4ccc(CC)cc4)c23)c(OCC)cc1NC(=O)c1ccccc1. The van der Waals surface area contributed by atoms with Gasteiger partial charge in [0.1, 0.15) is 28.5 Å². The predicted molar refractivity (Wildman–Crippen MR) is 159 cm³/mol. The number of nitrogens with one attached hydrogen (secondary N) is 2. The largest absolute Gasteiger partial charge is 0.492 e. The summed E-state index contributed by atoms with van der Waals surface area (Å²) < 4.78 is 11.9. The summed E-state index contributed by atoms with van der Waals surface area (Å²) in [7, 11) is 0. The average molecular weight is 539 g/mol. The van der Waals surface area contributed by atoms with Gasteiger partial charge in [0.25, 0.3) is 5.91 Å². The van der Waals surface area contributed by atoms with E-state index in [1.807, 2.05) is 38.1 Å². The molecule has 0 aliphatic carbocycles. The maximum absolute atomic E-state index is 12.9. The van der Waals surface area contributed by atoms with E-state index in [1.165, 1.54) is 5.56 Å². The number of benzene rings is 3. The topological polar surface area (TPSA) is 85.4 Å². The zero-order valence-corrected chi connectivity index (χ0v) is 23.0. The van der Waals surface area contributed by atoms with Crippen LogP contribution in [0, 0.1) is 0 Å². The van der Waals surface area contributed by atoms with Crippen LogP contribution < -0.4 is 20.1 Å². The summed E-state index contributed by atoms with van der Waals surface area (Å²) in [5, 5.41) is 9.49. The zero-order valence-electron chi connectivity index (χ0n) is 22.2. The minimum absolute atomic E-state index is 0.228. The lowest BCUT2D eigenvalue weighted by molar-refractivity contribution is 0.102. The van der Waals surface area contributed by atoms with E-state index >= 15 is 0 Å². The number of ether oxygens (including phenoxy) is 2. The van der Waals surface area contributed by atoms with Crippen molar-refractivity contribution < 1.29 is 14.3 Å². The Labute approximate surface area is 231 Å². The van der Waals surface area contributed by atoms with Gasteiger partial charge in [-0.05, 0) is 43.5 Å². The fraction of sp³-hybridized carbons (Fsp3) is 0.194. The molecule has 0 spiro atoms. The van der Waals surface area contributed by atoms with Gasteiger partial charge in [-0.15, -0.1) is 11.3 Å². The number of nitrogens with zero attached hydrogens (tertiary/aromatic N) is 2. The minimum Gasteiger partial charge on any atom is -0.492 e. The molecule has 8 heteroatoms. The molecule has 5 rings (SSSR count). The van der Waals surface area contributed by atoms with Crippen LogP contribution in [0.2, 0.25) is 0 Å². The molecule has 0 unspecified atom stereocenters. The maximum atomic E-state index is 12.9. The van der Waals surface area contributed by atoms with Crippen molar-refractivity contribution in [3.05, 3.63) is 89.6 Å². The van der Waals surface area contributed by atoms with Crippen LogP contribution in [-0.2, 0) is 6.42 Å². The fourth-order valence-electron chi connectivity index (χ4n) is 4.32. The lowest BCUT2D eigenvalue weighted by Crippen LogP contribution is -2.13. The van der Waals surface area contributed by atoms with Crippen LogP contribution in [0.4, 0.5) is 17.2 Å². The number of hydrogen-bond acceptors (Lipinski definition) is 7. The summed E-state index contributed by atoms with van der Waals surface area (Å²) >= 11 is 1.58. The molecule has 0 saturated heterocycles. The Morgan fingerprint density at radius 2 is 1.56 bits per heavy atom. The number of hydrogen-bond donors (Lipinski definition) is 2. The number of rotatable bonds is 10. The van der Waals surface area contributed by atoms with E-state index < -0.39 is 0 Å². The number of fused-ring (bicyclic) bond motifs is 1. The van der Waals surface area contributed by atoms with Crippen LogP contribution in [0.5, 0.6) is 11.5 Å². The van der Waals surface area contributed by atoms with Crippen molar-refractivity contribution in [1.29, 1.82) is 0 Å². The second-order valence-corrected chi connectivity index (χ2v) is 9.62. The number of amides is 1. The van der Waals surface area contributed by atoms with Gasteiger partial charge in [0.05, 0.1) is 30.0 Å². The second-order valence-electron chi connectivity index (χ2n) is 8.76. The summed E-state index contributed by atoms with van der Waals surface area (Å²) in [5.41, 5.74) is 5.22. The summed E-state index contributed by atoms with van der Waals surface area (Å²) in [6, 6.07) is 21.3. The van der Waals surface area contributed by atoms with Gasteiger partial charge in [-0.2, -0.15) is 0 Å². The zero-order chi connectivity index (χ0) is 27.2. The van der Waals surface area contributed by atoms with Crippen LogP contribution in [-0.4, -0.2) is 29.1 Å². The number of aryl methyl sites for hydroxylation is 1. The molecule has 0 aliphatic rings. The van der Waals surface area contributed by atoms with E-state index in [-0.39, 0.29) is 5.91 Å². The Morgan fingerprint density at radius 3 is 2.26 bits per heavy atom. The first-order valence-corrected chi connectivity index (χ1v) is 13.9. The molecule has 2 aromatic heterocycles. The van der Waals surface area contributed by atoms with Crippen molar-refractivity contribution in [3.8, 4) is 22.6 Å². The van der Waals surface area contributed by atoms with Crippen LogP contribution in [0.15, 0.2) is 78.4 Å². The number of carbonyl (C=O) groups excluding carboxylic acids is 1. The van der Waals surface area contributed by atoms with Gasteiger partial charge in [0.2, 0.25) is 0 Å². The van der Waals surface area contributed by atoms with E-state index in [9.17, 15) is 4.79 Å². The van der Waals surface area contributed by atoms with Gasteiger partial charge in [-0.1, -0.05) is 49.4 Å². The molecule has 0 radical (unpaired) electrons. The van der Waals surface area contributed by atoms with Gasteiger partial charge in [0.15, 0.2) is 0 Å². The van der Waals surface area contributed by atoms with Gasteiger partial charge in [-0.25, -0.2) is 9.97 Å². The summed E-state index contributed by atoms with van der Waals surface area (Å²) in [6.45, 7) is 6.85. The highest BCUT2D eigenvalue weighted by Crippen LogP contribution is 2.42. The molecule has 2 N–H and O–H groups in total. The fourth-order valence-corrected chi connectivity index (χ4v) is 5.23. The van der Waals surface area contributed by atoms with E-state index in [2.05, 4.69) is 57.2 Å². The molecule has 3 aromatic carbocycles. The summed E-state index contributed by atoms with van der Waals surface area (Å²) in [4.78, 5) is 22.9.